The van der Waals surface area contributed by atoms with Gasteiger partial charge < -0.3 is 18.9 Å². The summed E-state index contributed by atoms with van der Waals surface area (Å²) in [5, 5.41) is 0. The fraction of sp³-hybridized carbons (Fsp3) is 1.00. The van der Waals surface area contributed by atoms with E-state index >= 15 is 0 Å². The average Bonchev–Trinajstić information content (AvgIpc) is 2.52. The fourth-order valence-electron chi connectivity index (χ4n) is 2.36. The maximum Gasteiger partial charge on any atom is 0.328 e. The zero-order chi connectivity index (χ0) is 15.5. The van der Waals surface area contributed by atoms with E-state index in [2.05, 4.69) is 0 Å². The SMILES string of the molecule is [B][C@@H]1O[C@H](CCP(=O)(O)OC(C)C)C(OC(C)C)[C@@H]1C. The Kier molecular flexibility index (Phi) is 6.74. The second kappa shape index (κ2) is 7.41. The van der Waals surface area contributed by atoms with Gasteiger partial charge in [0.1, 0.15) is 7.85 Å². The Morgan fingerprint density at radius 1 is 1.30 bits per heavy atom. The second-order valence-corrected chi connectivity index (χ2v) is 7.88. The fourth-order valence-corrected chi connectivity index (χ4v) is 3.70. The van der Waals surface area contributed by atoms with Gasteiger partial charge in [-0.2, -0.15) is 0 Å². The number of rotatable bonds is 7. The Morgan fingerprint density at radius 3 is 2.40 bits per heavy atom. The Hall–Kier alpha value is 0.135. The van der Waals surface area contributed by atoms with Crippen molar-refractivity contribution in [3.05, 3.63) is 0 Å². The van der Waals surface area contributed by atoms with Crippen molar-refractivity contribution in [3.8, 4) is 0 Å². The molecule has 0 spiro atoms. The summed E-state index contributed by atoms with van der Waals surface area (Å²) in [5.74, 6) is 0.0616. The molecule has 1 fully saturated rings. The Labute approximate surface area is 123 Å². The summed E-state index contributed by atoms with van der Waals surface area (Å²) in [6.45, 7) is 9.34. The Bertz CT molecular complexity index is 350. The van der Waals surface area contributed by atoms with E-state index in [9.17, 15) is 9.46 Å². The molecule has 116 valence electrons. The van der Waals surface area contributed by atoms with Crippen LogP contribution < -0.4 is 0 Å². The molecule has 2 unspecified atom stereocenters. The second-order valence-electron chi connectivity index (χ2n) is 5.95. The first kappa shape index (κ1) is 18.2. The summed E-state index contributed by atoms with van der Waals surface area (Å²) in [6.07, 6.45) is -0.183. The van der Waals surface area contributed by atoms with Crippen LogP contribution in [0.2, 0.25) is 0 Å². The van der Waals surface area contributed by atoms with Gasteiger partial charge in [-0.3, -0.25) is 4.57 Å². The standard InChI is InChI=1S/C13H26BO5P/c1-8(2)17-12-10(5)13(14)18-11(12)6-7-20(15,16)19-9(3)4/h8-13H,6-7H2,1-5H3,(H,15,16)/t10-,11+,12?,13+/m0/s1. The molecule has 2 radical (unpaired) electrons. The van der Waals surface area contributed by atoms with Crippen molar-refractivity contribution in [2.75, 3.05) is 6.16 Å². The summed E-state index contributed by atoms with van der Waals surface area (Å²) >= 11 is 0. The lowest BCUT2D eigenvalue weighted by atomic mass is 9.86. The highest BCUT2D eigenvalue weighted by molar-refractivity contribution is 7.52. The Balaban J connectivity index is 2.59. The number of ether oxygens (including phenoxy) is 2. The molecule has 0 bridgehead atoms. The quantitative estimate of drug-likeness (QED) is 0.577. The van der Waals surface area contributed by atoms with Crippen LogP contribution in [0.3, 0.4) is 0 Å². The van der Waals surface area contributed by atoms with Gasteiger partial charge in [0.05, 0.1) is 30.6 Å². The van der Waals surface area contributed by atoms with Gasteiger partial charge in [-0.05, 0) is 34.1 Å². The molecule has 5 nitrogen and oxygen atoms in total. The maximum atomic E-state index is 11.9. The van der Waals surface area contributed by atoms with Crippen LogP contribution in [-0.4, -0.2) is 49.3 Å². The van der Waals surface area contributed by atoms with Crippen molar-refractivity contribution in [3.63, 3.8) is 0 Å². The van der Waals surface area contributed by atoms with Crippen molar-refractivity contribution in [2.45, 2.75) is 71.5 Å². The highest BCUT2D eigenvalue weighted by Gasteiger charge is 2.41. The third-order valence-corrected chi connectivity index (χ3v) is 4.81. The van der Waals surface area contributed by atoms with Gasteiger partial charge in [-0.15, -0.1) is 0 Å². The summed E-state index contributed by atoms with van der Waals surface area (Å²) in [5.41, 5.74) is 0. The van der Waals surface area contributed by atoms with E-state index in [1.165, 1.54) is 0 Å². The normalized spacial score (nSPS) is 33.8. The van der Waals surface area contributed by atoms with Crippen LogP contribution in [0.15, 0.2) is 0 Å². The molecule has 1 heterocycles. The monoisotopic (exact) mass is 304 g/mol. The molecular weight excluding hydrogens is 278 g/mol. The van der Waals surface area contributed by atoms with Gasteiger partial charge in [0, 0.05) is 11.9 Å². The van der Waals surface area contributed by atoms with Gasteiger partial charge >= 0.3 is 7.60 Å². The molecule has 1 saturated heterocycles. The van der Waals surface area contributed by atoms with Gasteiger partial charge in [0.25, 0.3) is 0 Å². The van der Waals surface area contributed by atoms with Crippen molar-refractivity contribution < 1.29 is 23.5 Å². The molecule has 7 heteroatoms. The van der Waals surface area contributed by atoms with Crippen molar-refractivity contribution in [1.29, 1.82) is 0 Å². The molecule has 0 aromatic carbocycles. The van der Waals surface area contributed by atoms with E-state index in [1.807, 2.05) is 20.8 Å². The van der Waals surface area contributed by atoms with E-state index in [-0.39, 0.29) is 36.5 Å². The minimum Gasteiger partial charge on any atom is -0.382 e. The third-order valence-electron chi connectivity index (χ3n) is 3.24. The molecule has 0 aliphatic carbocycles. The first-order valence-corrected chi connectivity index (χ1v) is 8.95. The molecule has 1 rings (SSSR count). The van der Waals surface area contributed by atoms with E-state index < -0.39 is 13.6 Å². The molecule has 0 aromatic rings. The molecule has 20 heavy (non-hydrogen) atoms. The number of hydrogen-bond acceptors (Lipinski definition) is 4. The van der Waals surface area contributed by atoms with Gasteiger partial charge in [0.2, 0.25) is 0 Å². The van der Waals surface area contributed by atoms with Gasteiger partial charge in [-0.25, -0.2) is 0 Å². The smallest absolute Gasteiger partial charge is 0.328 e. The molecule has 0 aromatic heterocycles. The van der Waals surface area contributed by atoms with Gasteiger partial charge in [-0.1, -0.05) is 6.92 Å². The predicted octanol–water partition coefficient (Wildman–Crippen LogP) is 2.31. The zero-order valence-corrected chi connectivity index (χ0v) is 13.9. The lowest BCUT2D eigenvalue weighted by Gasteiger charge is -2.25. The molecule has 0 amide bonds. The van der Waals surface area contributed by atoms with Crippen LogP contribution in [0.1, 0.15) is 41.0 Å². The minimum absolute atomic E-state index is 0.0489. The van der Waals surface area contributed by atoms with Crippen molar-refractivity contribution in [2.24, 2.45) is 5.92 Å². The third kappa shape index (κ3) is 5.49. The first-order valence-electron chi connectivity index (χ1n) is 7.19. The molecular formula is C13H26BO5P. The average molecular weight is 304 g/mol. The predicted molar refractivity (Wildman–Crippen MR) is 79.1 cm³/mol. The summed E-state index contributed by atoms with van der Waals surface area (Å²) in [7, 11) is 2.31. The maximum absolute atomic E-state index is 11.9. The molecule has 1 aliphatic rings. The van der Waals surface area contributed by atoms with E-state index in [1.54, 1.807) is 13.8 Å². The topological polar surface area (TPSA) is 65.0 Å². The number of hydrogen-bond donors (Lipinski definition) is 1. The minimum atomic E-state index is -3.58. The van der Waals surface area contributed by atoms with Crippen LogP contribution in [0.25, 0.3) is 0 Å². The molecule has 5 atom stereocenters. The van der Waals surface area contributed by atoms with E-state index in [0.717, 1.165) is 0 Å². The van der Waals surface area contributed by atoms with E-state index in [4.69, 9.17) is 21.8 Å². The highest BCUT2D eigenvalue weighted by atomic mass is 31.2. The summed E-state index contributed by atoms with van der Waals surface area (Å²) in [4.78, 5) is 9.75. The van der Waals surface area contributed by atoms with Gasteiger partial charge in [0.15, 0.2) is 0 Å². The summed E-state index contributed by atoms with van der Waals surface area (Å²) < 4.78 is 28.4. The van der Waals surface area contributed by atoms with Crippen LogP contribution >= 0.6 is 7.60 Å². The van der Waals surface area contributed by atoms with Crippen molar-refractivity contribution >= 4 is 15.4 Å². The van der Waals surface area contributed by atoms with Crippen LogP contribution in [0.4, 0.5) is 0 Å². The van der Waals surface area contributed by atoms with Crippen molar-refractivity contribution in [1.82, 2.24) is 0 Å². The highest BCUT2D eigenvalue weighted by Crippen LogP contribution is 2.45. The van der Waals surface area contributed by atoms with E-state index in [0.29, 0.717) is 6.42 Å². The lowest BCUT2D eigenvalue weighted by molar-refractivity contribution is -0.0483. The lowest BCUT2D eigenvalue weighted by Crippen LogP contribution is -2.32. The largest absolute Gasteiger partial charge is 0.382 e. The summed E-state index contributed by atoms with van der Waals surface area (Å²) in [6, 6.07) is -0.396. The Morgan fingerprint density at radius 2 is 1.90 bits per heavy atom. The molecule has 0 saturated carbocycles. The van der Waals surface area contributed by atoms with Crippen LogP contribution in [-0.2, 0) is 18.6 Å². The van der Waals surface area contributed by atoms with Crippen LogP contribution in [0, 0.1) is 5.92 Å². The zero-order valence-electron chi connectivity index (χ0n) is 13.0. The molecule has 1 N–H and O–H groups in total. The first-order chi connectivity index (χ1) is 9.12. The van der Waals surface area contributed by atoms with Crippen LogP contribution in [0.5, 0.6) is 0 Å². The molecule has 1 aliphatic heterocycles.